The molecule has 0 unspecified atom stereocenters. The maximum Gasteiger partial charge on any atom is 0.124 e. The number of benzene rings is 1. The van der Waals surface area contributed by atoms with Gasteiger partial charge in [-0.1, -0.05) is 0 Å². The van der Waals surface area contributed by atoms with E-state index < -0.39 is 0 Å². The lowest BCUT2D eigenvalue weighted by atomic mass is 10.3. The van der Waals surface area contributed by atoms with Crippen molar-refractivity contribution in [1.29, 1.82) is 0 Å². The van der Waals surface area contributed by atoms with Gasteiger partial charge in [0.2, 0.25) is 0 Å². The lowest BCUT2D eigenvalue weighted by Gasteiger charge is -2.32. The lowest BCUT2D eigenvalue weighted by Crippen LogP contribution is -2.45. The molecule has 1 saturated heterocycles. The highest BCUT2D eigenvalue weighted by Gasteiger charge is 2.12. The van der Waals surface area contributed by atoms with Gasteiger partial charge in [0.05, 0.1) is 0 Å². The first-order chi connectivity index (χ1) is 8.65. The highest BCUT2D eigenvalue weighted by molar-refractivity contribution is 14.1. The number of anilines is 1. The van der Waals surface area contributed by atoms with Crippen molar-refractivity contribution < 1.29 is 4.39 Å². The molecule has 0 aliphatic carbocycles. The van der Waals surface area contributed by atoms with Crippen molar-refractivity contribution >= 4 is 28.3 Å². The Morgan fingerprint density at radius 3 is 2.67 bits per heavy atom. The Labute approximate surface area is 121 Å². The molecule has 0 atom stereocenters. The van der Waals surface area contributed by atoms with E-state index in [9.17, 15) is 4.39 Å². The smallest absolute Gasteiger partial charge is 0.124 e. The molecule has 0 saturated carbocycles. The summed E-state index contributed by atoms with van der Waals surface area (Å²) in [4.78, 5) is 4.82. The van der Waals surface area contributed by atoms with E-state index in [0.29, 0.717) is 0 Å². The molecular formula is C13H19FIN3. The summed E-state index contributed by atoms with van der Waals surface area (Å²) in [5, 5.41) is 3.37. The van der Waals surface area contributed by atoms with Gasteiger partial charge in [-0.25, -0.2) is 4.39 Å². The van der Waals surface area contributed by atoms with E-state index in [-0.39, 0.29) is 5.82 Å². The van der Waals surface area contributed by atoms with Gasteiger partial charge in [0.25, 0.3) is 0 Å². The third kappa shape index (κ3) is 4.07. The maximum atomic E-state index is 13.0. The number of rotatable bonds is 4. The monoisotopic (exact) mass is 363 g/mol. The van der Waals surface area contributed by atoms with Crippen molar-refractivity contribution in [2.45, 2.75) is 0 Å². The molecular weight excluding hydrogens is 344 g/mol. The van der Waals surface area contributed by atoms with Gasteiger partial charge in [-0.2, -0.15) is 0 Å². The third-order valence-electron chi connectivity index (χ3n) is 3.27. The molecule has 1 heterocycles. The topological polar surface area (TPSA) is 18.5 Å². The highest BCUT2D eigenvalue weighted by atomic mass is 127. The summed E-state index contributed by atoms with van der Waals surface area (Å²) in [7, 11) is 2.16. The number of likely N-dealkylation sites (N-methyl/N-ethyl adjacent to an activating group) is 1. The Balaban J connectivity index is 1.75. The Morgan fingerprint density at radius 1 is 1.28 bits per heavy atom. The number of hydrogen-bond acceptors (Lipinski definition) is 3. The third-order valence-corrected chi connectivity index (χ3v) is 4.16. The molecule has 1 aromatic carbocycles. The van der Waals surface area contributed by atoms with Crippen LogP contribution in [0.25, 0.3) is 0 Å². The van der Waals surface area contributed by atoms with Crippen LogP contribution in [0.2, 0.25) is 0 Å². The first kappa shape index (κ1) is 14.0. The molecule has 1 aliphatic rings. The van der Waals surface area contributed by atoms with Crippen LogP contribution in [-0.4, -0.2) is 56.1 Å². The summed E-state index contributed by atoms with van der Waals surface area (Å²) < 4.78 is 13.9. The van der Waals surface area contributed by atoms with Crippen LogP contribution in [0.3, 0.4) is 0 Å². The van der Waals surface area contributed by atoms with Crippen LogP contribution in [0.5, 0.6) is 0 Å². The quantitative estimate of drug-likeness (QED) is 0.827. The fraction of sp³-hybridized carbons (Fsp3) is 0.538. The molecule has 1 aromatic rings. The fourth-order valence-corrected chi connectivity index (χ4v) is 2.72. The molecule has 1 N–H and O–H groups in total. The van der Waals surface area contributed by atoms with E-state index in [2.05, 4.69) is 44.8 Å². The van der Waals surface area contributed by atoms with Crippen LogP contribution in [0.4, 0.5) is 10.1 Å². The predicted molar refractivity (Wildman–Crippen MR) is 81.5 cm³/mol. The summed E-state index contributed by atoms with van der Waals surface area (Å²) in [6.45, 7) is 6.52. The van der Waals surface area contributed by atoms with Crippen LogP contribution in [-0.2, 0) is 0 Å². The van der Waals surface area contributed by atoms with Crippen LogP contribution in [0, 0.1) is 9.39 Å². The minimum atomic E-state index is -0.177. The summed E-state index contributed by atoms with van der Waals surface area (Å²) in [6.07, 6.45) is 0. The molecule has 0 aromatic heterocycles. The van der Waals surface area contributed by atoms with E-state index in [4.69, 9.17) is 0 Å². The molecule has 2 rings (SSSR count). The number of nitrogens with zero attached hydrogens (tertiary/aromatic N) is 2. The minimum absolute atomic E-state index is 0.177. The Hall–Kier alpha value is -0.400. The molecule has 1 aliphatic heterocycles. The average Bonchev–Trinajstić information content (AvgIpc) is 2.34. The van der Waals surface area contributed by atoms with Crippen molar-refractivity contribution in [1.82, 2.24) is 9.80 Å². The molecule has 0 radical (unpaired) electrons. The zero-order valence-electron chi connectivity index (χ0n) is 10.6. The molecule has 0 amide bonds. The zero-order chi connectivity index (χ0) is 13.0. The van der Waals surface area contributed by atoms with Crippen molar-refractivity contribution in [2.24, 2.45) is 0 Å². The Kier molecular flexibility index (Phi) is 5.20. The van der Waals surface area contributed by atoms with Crippen LogP contribution >= 0.6 is 22.6 Å². The van der Waals surface area contributed by atoms with Crippen molar-refractivity contribution in [3.8, 4) is 0 Å². The summed E-state index contributed by atoms with van der Waals surface area (Å²) in [5.74, 6) is -0.177. The molecule has 0 bridgehead atoms. The van der Waals surface area contributed by atoms with Crippen LogP contribution < -0.4 is 5.32 Å². The number of halogens is 2. The summed E-state index contributed by atoms with van der Waals surface area (Å²) in [5.41, 5.74) is 1.02. The van der Waals surface area contributed by atoms with Crippen LogP contribution in [0.1, 0.15) is 0 Å². The maximum absolute atomic E-state index is 13.0. The number of hydrogen-bond donors (Lipinski definition) is 1. The number of piperazine rings is 1. The molecule has 5 heteroatoms. The van der Waals surface area contributed by atoms with E-state index >= 15 is 0 Å². The molecule has 18 heavy (non-hydrogen) atoms. The van der Waals surface area contributed by atoms with Gasteiger partial charge in [0, 0.05) is 48.5 Å². The second kappa shape index (κ2) is 6.68. The molecule has 1 fully saturated rings. The van der Waals surface area contributed by atoms with Gasteiger partial charge in [0.15, 0.2) is 0 Å². The molecule has 100 valence electrons. The second-order valence-corrected chi connectivity index (χ2v) is 5.86. The normalized spacial score (nSPS) is 17.9. The first-order valence-electron chi connectivity index (χ1n) is 6.25. The van der Waals surface area contributed by atoms with Gasteiger partial charge < -0.3 is 10.2 Å². The molecule has 3 nitrogen and oxygen atoms in total. The SMILES string of the molecule is CN1CCN(CCNc2ccc(F)cc2I)CC1. The standard InChI is InChI=1S/C13H19FIN3/c1-17-6-8-18(9-7-17)5-4-16-13-3-2-11(14)10-12(13)15/h2-3,10,16H,4-9H2,1H3. The predicted octanol–water partition coefficient (Wildman–Crippen LogP) is 2.09. The van der Waals surface area contributed by atoms with Gasteiger partial charge in [0.1, 0.15) is 5.82 Å². The molecule has 0 spiro atoms. The van der Waals surface area contributed by atoms with Crippen molar-refractivity contribution in [2.75, 3.05) is 51.6 Å². The van der Waals surface area contributed by atoms with Gasteiger partial charge >= 0.3 is 0 Å². The fourth-order valence-electron chi connectivity index (χ4n) is 2.05. The highest BCUT2D eigenvalue weighted by Crippen LogP contribution is 2.18. The average molecular weight is 363 g/mol. The van der Waals surface area contributed by atoms with Gasteiger partial charge in [-0.05, 0) is 47.8 Å². The first-order valence-corrected chi connectivity index (χ1v) is 7.33. The van der Waals surface area contributed by atoms with E-state index in [1.54, 1.807) is 12.1 Å². The zero-order valence-corrected chi connectivity index (χ0v) is 12.8. The Bertz CT molecular complexity index is 392. The van der Waals surface area contributed by atoms with Gasteiger partial charge in [-0.15, -0.1) is 0 Å². The largest absolute Gasteiger partial charge is 0.383 e. The number of nitrogens with one attached hydrogen (secondary N) is 1. The minimum Gasteiger partial charge on any atom is -0.383 e. The lowest BCUT2D eigenvalue weighted by molar-refractivity contribution is 0.158. The summed E-state index contributed by atoms with van der Waals surface area (Å²) >= 11 is 2.16. The van der Waals surface area contributed by atoms with Crippen LogP contribution in [0.15, 0.2) is 18.2 Å². The Morgan fingerprint density at radius 2 is 2.00 bits per heavy atom. The van der Waals surface area contributed by atoms with Crippen molar-refractivity contribution in [3.05, 3.63) is 27.6 Å². The van der Waals surface area contributed by atoms with E-state index in [0.717, 1.165) is 48.5 Å². The van der Waals surface area contributed by atoms with E-state index in [1.165, 1.54) is 6.07 Å². The summed E-state index contributed by atoms with van der Waals surface area (Å²) in [6, 6.07) is 4.86. The van der Waals surface area contributed by atoms with E-state index in [1.807, 2.05) is 0 Å². The van der Waals surface area contributed by atoms with Gasteiger partial charge in [-0.3, -0.25) is 4.90 Å². The second-order valence-electron chi connectivity index (χ2n) is 4.70. The van der Waals surface area contributed by atoms with Crippen molar-refractivity contribution in [3.63, 3.8) is 0 Å².